The third-order valence-corrected chi connectivity index (χ3v) is 2.96. The van der Waals surface area contributed by atoms with Crippen LogP contribution in [0.3, 0.4) is 0 Å². The van der Waals surface area contributed by atoms with Crippen molar-refractivity contribution in [3.63, 3.8) is 0 Å². The first kappa shape index (κ1) is 13.8. The number of aromatic hydroxyl groups is 1. The van der Waals surface area contributed by atoms with Crippen LogP contribution in [0.2, 0.25) is 0 Å². The Bertz CT molecular complexity index is 418. The van der Waals surface area contributed by atoms with Gasteiger partial charge >= 0.3 is 5.97 Å². The fourth-order valence-corrected chi connectivity index (χ4v) is 1.80. The van der Waals surface area contributed by atoms with Crippen LogP contribution in [0.25, 0.3) is 0 Å². The van der Waals surface area contributed by atoms with Crippen LogP contribution >= 0.6 is 12.4 Å². The monoisotopic (exact) mass is 257 g/mol. The molecule has 1 aromatic carbocycles. The molecule has 0 radical (unpaired) electrons. The topological polar surface area (TPSA) is 83.5 Å². The van der Waals surface area contributed by atoms with E-state index in [4.69, 9.17) is 10.8 Å². The minimum Gasteiger partial charge on any atom is -0.507 e. The summed E-state index contributed by atoms with van der Waals surface area (Å²) >= 11 is 0. The lowest BCUT2D eigenvalue weighted by Gasteiger charge is -2.12. The van der Waals surface area contributed by atoms with Crippen LogP contribution in [0, 0.1) is 5.92 Å². The van der Waals surface area contributed by atoms with E-state index >= 15 is 0 Å². The zero-order chi connectivity index (χ0) is 11.7. The van der Waals surface area contributed by atoms with Gasteiger partial charge in [0.05, 0.1) is 0 Å². The molecular formula is C12H16ClNO3. The maximum Gasteiger partial charge on any atom is 0.339 e. The van der Waals surface area contributed by atoms with Crippen molar-refractivity contribution in [3.05, 3.63) is 29.3 Å². The molecule has 0 spiro atoms. The summed E-state index contributed by atoms with van der Waals surface area (Å²) in [6.07, 6.45) is 3.33. The normalized spacial score (nSPS) is 16.1. The Morgan fingerprint density at radius 2 is 2.12 bits per heavy atom. The average molecular weight is 258 g/mol. The molecule has 94 valence electrons. The summed E-state index contributed by atoms with van der Waals surface area (Å²) in [5, 5.41) is 18.2. The molecule has 1 aromatic rings. The third kappa shape index (κ3) is 3.35. The number of carboxylic acids is 1. The Hall–Kier alpha value is -1.26. The van der Waals surface area contributed by atoms with Gasteiger partial charge in [0.25, 0.3) is 0 Å². The predicted molar refractivity (Wildman–Crippen MR) is 66.6 cm³/mol. The third-order valence-electron chi connectivity index (χ3n) is 2.96. The molecule has 17 heavy (non-hydrogen) atoms. The van der Waals surface area contributed by atoms with Crippen LogP contribution in [0.1, 0.15) is 41.2 Å². The fraction of sp³-hybridized carbons (Fsp3) is 0.417. The van der Waals surface area contributed by atoms with Crippen molar-refractivity contribution < 1.29 is 15.0 Å². The summed E-state index contributed by atoms with van der Waals surface area (Å²) in [4.78, 5) is 10.8. The Kier molecular flexibility index (Phi) is 4.37. The molecule has 5 heteroatoms. The van der Waals surface area contributed by atoms with Gasteiger partial charge in [0, 0.05) is 6.04 Å². The molecule has 0 saturated heterocycles. The second kappa shape index (κ2) is 5.38. The molecule has 1 aliphatic rings. The van der Waals surface area contributed by atoms with Crippen molar-refractivity contribution in [1.29, 1.82) is 0 Å². The van der Waals surface area contributed by atoms with E-state index in [1.54, 1.807) is 6.07 Å². The highest BCUT2D eigenvalue weighted by atomic mass is 35.5. The maximum atomic E-state index is 10.8. The van der Waals surface area contributed by atoms with E-state index < -0.39 is 5.97 Å². The van der Waals surface area contributed by atoms with E-state index in [9.17, 15) is 9.90 Å². The summed E-state index contributed by atoms with van der Waals surface area (Å²) in [6.45, 7) is 0. The molecule has 4 nitrogen and oxygen atoms in total. The van der Waals surface area contributed by atoms with Crippen LogP contribution in [0.5, 0.6) is 5.75 Å². The van der Waals surface area contributed by atoms with Gasteiger partial charge in [-0.05, 0) is 30.0 Å². The molecule has 0 unspecified atom stereocenters. The van der Waals surface area contributed by atoms with Crippen molar-refractivity contribution >= 4 is 18.4 Å². The number of hydrogen-bond acceptors (Lipinski definition) is 3. The number of rotatable bonds is 4. The lowest BCUT2D eigenvalue weighted by atomic mass is 9.99. The molecule has 1 aliphatic carbocycles. The second-order valence-electron chi connectivity index (χ2n) is 4.37. The largest absolute Gasteiger partial charge is 0.507 e. The van der Waals surface area contributed by atoms with E-state index in [0.717, 1.165) is 12.0 Å². The molecule has 0 bridgehead atoms. The molecule has 0 heterocycles. The van der Waals surface area contributed by atoms with E-state index in [1.165, 1.54) is 25.0 Å². The van der Waals surface area contributed by atoms with Gasteiger partial charge in [-0.15, -0.1) is 12.4 Å². The number of nitrogens with two attached hydrogens (primary N) is 1. The van der Waals surface area contributed by atoms with Crippen LogP contribution < -0.4 is 5.73 Å². The summed E-state index contributed by atoms with van der Waals surface area (Å²) in [5.41, 5.74) is 6.68. The van der Waals surface area contributed by atoms with Crippen molar-refractivity contribution in [1.82, 2.24) is 0 Å². The molecule has 1 saturated carbocycles. The van der Waals surface area contributed by atoms with Crippen molar-refractivity contribution in [2.75, 3.05) is 0 Å². The molecular weight excluding hydrogens is 242 g/mol. The van der Waals surface area contributed by atoms with E-state index in [2.05, 4.69) is 0 Å². The van der Waals surface area contributed by atoms with Gasteiger partial charge in [-0.3, -0.25) is 0 Å². The number of carboxylic acid groups (broad SMARTS) is 1. The van der Waals surface area contributed by atoms with Crippen molar-refractivity contribution in [2.45, 2.75) is 25.3 Å². The van der Waals surface area contributed by atoms with Gasteiger partial charge in [0.1, 0.15) is 11.3 Å². The van der Waals surface area contributed by atoms with Crippen LogP contribution in [0.4, 0.5) is 0 Å². The zero-order valence-electron chi connectivity index (χ0n) is 9.30. The Labute approximate surface area is 106 Å². The van der Waals surface area contributed by atoms with Crippen molar-refractivity contribution in [2.24, 2.45) is 11.7 Å². The van der Waals surface area contributed by atoms with Crippen molar-refractivity contribution in [3.8, 4) is 5.75 Å². The molecule has 0 aliphatic heterocycles. The van der Waals surface area contributed by atoms with E-state index in [0.29, 0.717) is 5.92 Å². The Balaban J connectivity index is 0.00000144. The summed E-state index contributed by atoms with van der Waals surface area (Å²) in [6, 6.07) is 4.41. The summed E-state index contributed by atoms with van der Waals surface area (Å²) in [7, 11) is 0. The highest BCUT2D eigenvalue weighted by Crippen LogP contribution is 2.37. The molecule has 1 atom stereocenters. The summed E-state index contributed by atoms with van der Waals surface area (Å²) < 4.78 is 0. The number of benzene rings is 1. The minimum atomic E-state index is -1.13. The maximum absolute atomic E-state index is 10.8. The zero-order valence-corrected chi connectivity index (χ0v) is 10.1. The molecule has 0 amide bonds. The molecule has 0 aromatic heterocycles. The number of halogens is 1. The first-order valence-electron chi connectivity index (χ1n) is 5.39. The van der Waals surface area contributed by atoms with Gasteiger partial charge in [-0.25, -0.2) is 4.79 Å². The van der Waals surface area contributed by atoms with E-state index in [-0.39, 0.29) is 29.8 Å². The number of phenols is 1. The Morgan fingerprint density at radius 1 is 1.47 bits per heavy atom. The average Bonchev–Trinajstić information content (AvgIpc) is 3.01. The van der Waals surface area contributed by atoms with Gasteiger partial charge < -0.3 is 15.9 Å². The highest BCUT2D eigenvalue weighted by Gasteiger charge is 2.25. The van der Waals surface area contributed by atoms with Crippen LogP contribution in [-0.4, -0.2) is 16.2 Å². The summed E-state index contributed by atoms with van der Waals surface area (Å²) in [5.74, 6) is -0.648. The fourth-order valence-electron chi connectivity index (χ4n) is 1.80. The second-order valence-corrected chi connectivity index (χ2v) is 4.37. The van der Waals surface area contributed by atoms with Gasteiger partial charge in [0.2, 0.25) is 0 Å². The number of aromatic carboxylic acids is 1. The minimum absolute atomic E-state index is 0. The quantitative estimate of drug-likeness (QED) is 0.773. The van der Waals surface area contributed by atoms with Crippen LogP contribution in [-0.2, 0) is 0 Å². The number of hydrogen-bond donors (Lipinski definition) is 3. The smallest absolute Gasteiger partial charge is 0.339 e. The Morgan fingerprint density at radius 3 is 2.65 bits per heavy atom. The van der Waals surface area contributed by atoms with Gasteiger partial charge in [-0.1, -0.05) is 18.9 Å². The number of carbonyl (C=O) groups is 1. The lowest BCUT2D eigenvalue weighted by molar-refractivity contribution is 0.0693. The van der Waals surface area contributed by atoms with Gasteiger partial charge in [-0.2, -0.15) is 0 Å². The van der Waals surface area contributed by atoms with Crippen LogP contribution in [0.15, 0.2) is 18.2 Å². The van der Waals surface area contributed by atoms with E-state index in [1.807, 2.05) is 0 Å². The molecule has 4 N–H and O–H groups in total. The molecule has 2 rings (SSSR count). The lowest BCUT2D eigenvalue weighted by Crippen LogP contribution is -2.12. The highest BCUT2D eigenvalue weighted by molar-refractivity contribution is 5.90. The first-order valence-corrected chi connectivity index (χ1v) is 5.39. The SMILES string of the molecule is Cl.N[C@@H](CC1CC1)c1ccc(O)c(C(=O)O)c1. The van der Waals surface area contributed by atoms with Gasteiger partial charge in [0.15, 0.2) is 0 Å². The first-order chi connectivity index (χ1) is 7.58. The predicted octanol–water partition coefficient (Wildman–Crippen LogP) is 2.31. The standard InChI is InChI=1S/C12H15NO3.ClH/c13-10(5-7-1-2-7)8-3-4-11(14)9(6-8)12(15)16;/h3-4,6-7,10,14H,1-2,5,13H2,(H,15,16);1H/t10-;/m0./s1. The molecule has 1 fully saturated rings.